The largest absolute Gasteiger partial charge is 0.490 e. The fraction of sp³-hybridized carbons (Fsp3) is 0.371. The third kappa shape index (κ3) is 8.85. The molecule has 8 nitrogen and oxygen atoms in total. The number of hydrogen-bond acceptors (Lipinski definition) is 6. The van der Waals surface area contributed by atoms with Crippen LogP contribution in [-0.4, -0.2) is 53.7 Å². The van der Waals surface area contributed by atoms with Gasteiger partial charge in [-0.25, -0.2) is 4.98 Å². The van der Waals surface area contributed by atoms with Crippen molar-refractivity contribution in [1.29, 1.82) is 0 Å². The Morgan fingerprint density at radius 3 is 2.47 bits per heavy atom. The predicted octanol–water partition coefficient (Wildman–Crippen LogP) is 5.52. The number of aliphatic hydroxyl groups excluding tert-OH is 1. The molecule has 2 aromatic heterocycles. The van der Waals surface area contributed by atoms with Crippen LogP contribution in [0.5, 0.6) is 5.75 Å². The predicted molar refractivity (Wildman–Crippen MR) is 170 cm³/mol. The Balaban J connectivity index is 0.000000362. The van der Waals surface area contributed by atoms with E-state index in [9.17, 15) is 9.59 Å². The van der Waals surface area contributed by atoms with Gasteiger partial charge in [0.25, 0.3) is 5.91 Å². The molecule has 0 bridgehead atoms. The lowest BCUT2D eigenvalue weighted by molar-refractivity contribution is -0.109. The molecule has 6 rings (SSSR count). The Morgan fingerprint density at radius 2 is 1.81 bits per heavy atom. The molecular formula is C35H42N4O4. The van der Waals surface area contributed by atoms with Crippen LogP contribution in [0.2, 0.25) is 0 Å². The minimum Gasteiger partial charge on any atom is -0.490 e. The van der Waals surface area contributed by atoms with Gasteiger partial charge in [-0.15, -0.1) is 0 Å². The van der Waals surface area contributed by atoms with Crippen LogP contribution in [0.15, 0.2) is 60.8 Å². The SMILES string of the molecule is CC1CC1.Cc1ccc(-c2nc(CCNC(=O)c3cc(C)c4ncccc4c3)cc3c2OCC3C)cc1.O=CNCCO. The van der Waals surface area contributed by atoms with E-state index in [1.165, 1.54) is 24.0 Å². The number of nitrogens with zero attached hydrogens (tertiary/aromatic N) is 2. The molecule has 1 fully saturated rings. The van der Waals surface area contributed by atoms with Crippen LogP contribution in [0.3, 0.4) is 0 Å². The van der Waals surface area contributed by atoms with Gasteiger partial charge in [0.15, 0.2) is 0 Å². The fourth-order valence-corrected chi connectivity index (χ4v) is 4.66. The molecule has 0 spiro atoms. The lowest BCUT2D eigenvalue weighted by Crippen LogP contribution is -2.26. The zero-order valence-electron chi connectivity index (χ0n) is 25.5. The van der Waals surface area contributed by atoms with Crippen molar-refractivity contribution in [2.24, 2.45) is 5.92 Å². The fourth-order valence-electron chi connectivity index (χ4n) is 4.66. The summed E-state index contributed by atoms with van der Waals surface area (Å²) < 4.78 is 5.99. The summed E-state index contributed by atoms with van der Waals surface area (Å²) in [7, 11) is 0. The highest BCUT2D eigenvalue weighted by atomic mass is 16.5. The van der Waals surface area contributed by atoms with E-state index in [0.717, 1.165) is 45.1 Å². The molecule has 2 aliphatic rings. The monoisotopic (exact) mass is 582 g/mol. The van der Waals surface area contributed by atoms with Crippen molar-refractivity contribution < 1.29 is 19.4 Å². The molecule has 8 heteroatoms. The van der Waals surface area contributed by atoms with Gasteiger partial charge in [0.2, 0.25) is 6.41 Å². The summed E-state index contributed by atoms with van der Waals surface area (Å²) in [5.74, 6) is 2.22. The maximum atomic E-state index is 12.8. The summed E-state index contributed by atoms with van der Waals surface area (Å²) in [4.78, 5) is 31.5. The van der Waals surface area contributed by atoms with E-state index >= 15 is 0 Å². The summed E-state index contributed by atoms with van der Waals surface area (Å²) in [6.07, 6.45) is 5.95. The number of hydrogen-bond donors (Lipinski definition) is 3. The number of nitrogens with one attached hydrogen (secondary N) is 2. The van der Waals surface area contributed by atoms with Crippen molar-refractivity contribution in [1.82, 2.24) is 20.6 Å². The molecule has 0 saturated heterocycles. The summed E-state index contributed by atoms with van der Waals surface area (Å²) in [5.41, 5.74) is 7.88. The number of aryl methyl sites for hydroxylation is 2. The third-order valence-electron chi connectivity index (χ3n) is 7.42. The normalized spacial score (nSPS) is 14.8. The van der Waals surface area contributed by atoms with Gasteiger partial charge in [-0.3, -0.25) is 14.6 Å². The van der Waals surface area contributed by atoms with Gasteiger partial charge < -0.3 is 20.5 Å². The Labute approximate surface area is 253 Å². The van der Waals surface area contributed by atoms with E-state index in [0.29, 0.717) is 44.0 Å². The van der Waals surface area contributed by atoms with E-state index in [2.05, 4.69) is 66.7 Å². The topological polar surface area (TPSA) is 113 Å². The first-order chi connectivity index (χ1) is 20.8. The van der Waals surface area contributed by atoms with Gasteiger partial charge >= 0.3 is 0 Å². The maximum absolute atomic E-state index is 12.8. The average molecular weight is 583 g/mol. The van der Waals surface area contributed by atoms with Crippen molar-refractivity contribution in [3.63, 3.8) is 0 Å². The van der Waals surface area contributed by atoms with Crippen molar-refractivity contribution in [3.05, 3.63) is 88.7 Å². The van der Waals surface area contributed by atoms with Crippen LogP contribution >= 0.6 is 0 Å². The van der Waals surface area contributed by atoms with Crippen LogP contribution < -0.4 is 15.4 Å². The maximum Gasteiger partial charge on any atom is 0.251 e. The molecule has 1 unspecified atom stereocenters. The summed E-state index contributed by atoms with van der Waals surface area (Å²) in [6, 6.07) is 18.2. The molecule has 3 heterocycles. The summed E-state index contributed by atoms with van der Waals surface area (Å²) in [5, 5.41) is 14.3. The van der Waals surface area contributed by atoms with E-state index < -0.39 is 0 Å². The van der Waals surface area contributed by atoms with Crippen LogP contribution in [0, 0.1) is 19.8 Å². The molecule has 1 aliphatic heterocycles. The highest BCUT2D eigenvalue weighted by Crippen LogP contribution is 2.41. The van der Waals surface area contributed by atoms with Gasteiger partial charge in [-0.05, 0) is 49.6 Å². The number of fused-ring (bicyclic) bond motifs is 2. The Bertz CT molecular complexity index is 1530. The molecule has 1 saturated carbocycles. The van der Waals surface area contributed by atoms with Crippen molar-refractivity contribution in [2.45, 2.75) is 52.9 Å². The molecule has 226 valence electrons. The van der Waals surface area contributed by atoms with E-state index in [-0.39, 0.29) is 12.5 Å². The lowest BCUT2D eigenvalue weighted by atomic mass is 9.99. The van der Waals surface area contributed by atoms with Gasteiger partial charge in [0.1, 0.15) is 11.4 Å². The number of pyridine rings is 2. The Morgan fingerprint density at radius 1 is 1.07 bits per heavy atom. The number of aromatic nitrogens is 2. The first kappa shape index (κ1) is 31.6. The zero-order valence-corrected chi connectivity index (χ0v) is 25.5. The first-order valence-electron chi connectivity index (χ1n) is 15.0. The van der Waals surface area contributed by atoms with Crippen molar-refractivity contribution in [3.8, 4) is 17.0 Å². The van der Waals surface area contributed by atoms with Crippen LogP contribution in [0.1, 0.15) is 65.3 Å². The number of ether oxygens (including phenoxy) is 1. The zero-order chi connectivity index (χ0) is 30.8. The standard InChI is InChI=1S/C28H27N3O2.C4H8.C3H7NO2/c1-17-6-8-20(9-7-17)26-27-24(19(3)16-33-27)15-23(31-26)10-12-30-28(32)22-13-18(2)25-21(14-22)5-4-11-29-25;1-4-2-3-4;5-2-1-4-3-6/h4-9,11,13-15,19H,10,12,16H2,1-3H3,(H,30,32);4H,2-3H2,1H3;3,5H,1-2H2,(H,4,6). The van der Waals surface area contributed by atoms with Gasteiger partial charge in [0.05, 0.1) is 18.7 Å². The molecule has 2 amide bonds. The van der Waals surface area contributed by atoms with Crippen molar-refractivity contribution in [2.75, 3.05) is 26.3 Å². The number of rotatable bonds is 8. The van der Waals surface area contributed by atoms with E-state index in [1.54, 1.807) is 6.20 Å². The first-order valence-corrected chi connectivity index (χ1v) is 15.0. The Hall–Kier alpha value is -4.30. The second kappa shape index (κ2) is 15.3. The minimum absolute atomic E-state index is 0.0126. The second-order valence-electron chi connectivity index (χ2n) is 11.3. The third-order valence-corrected chi connectivity index (χ3v) is 7.42. The second-order valence-corrected chi connectivity index (χ2v) is 11.3. The van der Waals surface area contributed by atoms with E-state index in [4.69, 9.17) is 14.8 Å². The highest BCUT2D eigenvalue weighted by molar-refractivity contribution is 5.98. The van der Waals surface area contributed by atoms with Crippen LogP contribution in [0.4, 0.5) is 0 Å². The summed E-state index contributed by atoms with van der Waals surface area (Å²) in [6.45, 7) is 10.1. The molecule has 0 radical (unpaired) electrons. The summed E-state index contributed by atoms with van der Waals surface area (Å²) >= 11 is 0. The molecule has 3 N–H and O–H groups in total. The van der Waals surface area contributed by atoms with Crippen LogP contribution in [0.25, 0.3) is 22.2 Å². The molecule has 2 aromatic carbocycles. The van der Waals surface area contributed by atoms with Gasteiger partial charge in [-0.2, -0.15) is 0 Å². The van der Waals surface area contributed by atoms with E-state index in [1.807, 2.05) is 31.2 Å². The Kier molecular flexibility index (Phi) is 11.2. The molecule has 1 aliphatic carbocycles. The molecule has 43 heavy (non-hydrogen) atoms. The smallest absolute Gasteiger partial charge is 0.251 e. The van der Waals surface area contributed by atoms with Crippen molar-refractivity contribution >= 4 is 23.2 Å². The number of carbonyl (C=O) groups is 2. The number of carbonyl (C=O) groups excluding carboxylic acids is 2. The van der Waals surface area contributed by atoms with Gasteiger partial charge in [0, 0.05) is 59.4 Å². The minimum atomic E-state index is -0.0829. The number of benzene rings is 2. The van der Waals surface area contributed by atoms with Crippen LogP contribution in [-0.2, 0) is 11.2 Å². The highest BCUT2D eigenvalue weighted by Gasteiger charge is 2.26. The molecule has 4 aromatic rings. The number of aliphatic hydroxyl groups is 1. The quantitative estimate of drug-likeness (QED) is 0.186. The average Bonchev–Trinajstić information content (AvgIpc) is 3.72. The van der Waals surface area contributed by atoms with Gasteiger partial charge in [-0.1, -0.05) is 62.6 Å². The lowest BCUT2D eigenvalue weighted by Gasteiger charge is -2.12. The molecular weight excluding hydrogens is 540 g/mol. The number of amides is 2. The molecule has 1 atom stereocenters.